The Labute approximate surface area is 240 Å². The monoisotopic (exact) mass is 569 g/mol. The first-order valence-corrected chi connectivity index (χ1v) is 13.6. The van der Waals surface area contributed by atoms with Crippen molar-refractivity contribution in [2.45, 2.75) is 58.3 Å². The zero-order valence-corrected chi connectivity index (χ0v) is 23.7. The molecule has 1 amide bonds. The van der Waals surface area contributed by atoms with Crippen molar-refractivity contribution in [2.24, 2.45) is 5.92 Å². The number of benzene rings is 2. The molecule has 2 atom stereocenters. The fraction of sp³-hybridized carbons (Fsp3) is 0.452. The van der Waals surface area contributed by atoms with Gasteiger partial charge in [0.15, 0.2) is 5.78 Å². The quantitative estimate of drug-likeness (QED) is 0.188. The summed E-state index contributed by atoms with van der Waals surface area (Å²) in [6, 6.07) is 16.9. The Kier molecular flexibility index (Phi) is 15.6. The average Bonchev–Trinajstić information content (AvgIpc) is 2.96. The van der Waals surface area contributed by atoms with E-state index in [0.717, 1.165) is 11.1 Å². The van der Waals surface area contributed by atoms with Crippen LogP contribution in [0.3, 0.4) is 0 Å². The lowest BCUT2D eigenvalue weighted by Crippen LogP contribution is -2.46. The van der Waals surface area contributed by atoms with Crippen LogP contribution in [0.1, 0.15) is 50.2 Å². The van der Waals surface area contributed by atoms with E-state index in [2.05, 4.69) is 5.32 Å². The van der Waals surface area contributed by atoms with E-state index in [0.29, 0.717) is 26.2 Å². The summed E-state index contributed by atoms with van der Waals surface area (Å²) in [6.45, 7) is 2.45. The van der Waals surface area contributed by atoms with Gasteiger partial charge in [-0.2, -0.15) is 0 Å². The highest BCUT2D eigenvalue weighted by molar-refractivity contribution is 5.95. The molecule has 0 aromatic heterocycles. The first kappa shape index (κ1) is 33.3. The Morgan fingerprint density at radius 1 is 0.732 bits per heavy atom. The van der Waals surface area contributed by atoms with Crippen LogP contribution in [0.25, 0.3) is 0 Å². The van der Waals surface area contributed by atoms with Gasteiger partial charge >= 0.3 is 11.9 Å². The molecular formula is C31H39NO9. The summed E-state index contributed by atoms with van der Waals surface area (Å²) in [5.41, 5.74) is 1.55. The van der Waals surface area contributed by atoms with Gasteiger partial charge in [0.2, 0.25) is 5.91 Å². The number of esters is 2. The lowest BCUT2D eigenvalue weighted by atomic mass is 9.96. The first-order valence-electron chi connectivity index (χ1n) is 13.6. The minimum Gasteiger partial charge on any atom is -0.461 e. The van der Waals surface area contributed by atoms with Crippen LogP contribution >= 0.6 is 0 Å². The van der Waals surface area contributed by atoms with E-state index < -0.39 is 42.0 Å². The molecule has 41 heavy (non-hydrogen) atoms. The van der Waals surface area contributed by atoms with Gasteiger partial charge in [-0.05, 0) is 24.5 Å². The number of hydrogen-bond acceptors (Lipinski definition) is 9. The van der Waals surface area contributed by atoms with E-state index in [9.17, 15) is 24.0 Å². The molecule has 0 spiro atoms. The van der Waals surface area contributed by atoms with Crippen molar-refractivity contribution in [3.8, 4) is 0 Å². The van der Waals surface area contributed by atoms with Crippen molar-refractivity contribution in [1.82, 2.24) is 5.32 Å². The van der Waals surface area contributed by atoms with Gasteiger partial charge in [0, 0.05) is 26.6 Å². The number of Topliss-reactive ketones (excluding diaryl/α,β-unsaturated/α-hetero) is 2. The summed E-state index contributed by atoms with van der Waals surface area (Å²) in [7, 11) is 1.55. The Morgan fingerprint density at radius 2 is 1.29 bits per heavy atom. The van der Waals surface area contributed by atoms with Crippen LogP contribution in [0.4, 0.5) is 0 Å². The van der Waals surface area contributed by atoms with Crippen molar-refractivity contribution in [3.63, 3.8) is 0 Å². The molecular weight excluding hydrogens is 530 g/mol. The van der Waals surface area contributed by atoms with Crippen molar-refractivity contribution in [3.05, 3.63) is 71.8 Å². The zero-order valence-electron chi connectivity index (χ0n) is 23.7. The molecule has 2 rings (SSSR count). The van der Waals surface area contributed by atoms with Crippen LogP contribution in [0, 0.1) is 5.92 Å². The van der Waals surface area contributed by atoms with E-state index in [1.807, 2.05) is 36.4 Å². The lowest BCUT2D eigenvalue weighted by Gasteiger charge is -2.21. The minimum atomic E-state index is -1.19. The SMILES string of the molecule is COCCOCCCC(=O)[C@@H](CC(=O)OCc1ccccc1)NC(=O)[C@@H](CC(C)=O)CC(=O)OCc1ccccc1. The van der Waals surface area contributed by atoms with Crippen molar-refractivity contribution in [2.75, 3.05) is 26.9 Å². The fourth-order valence-corrected chi connectivity index (χ4v) is 3.87. The second-order valence-electron chi connectivity index (χ2n) is 9.54. The summed E-state index contributed by atoms with van der Waals surface area (Å²) in [5, 5.41) is 2.58. The number of ether oxygens (including phenoxy) is 4. The highest BCUT2D eigenvalue weighted by atomic mass is 16.5. The van der Waals surface area contributed by atoms with E-state index in [1.54, 1.807) is 31.4 Å². The van der Waals surface area contributed by atoms with E-state index in [-0.39, 0.29) is 38.3 Å². The molecule has 0 bridgehead atoms. The molecule has 0 saturated heterocycles. The maximum absolute atomic E-state index is 13.2. The predicted molar refractivity (Wildman–Crippen MR) is 149 cm³/mol. The third-order valence-electron chi connectivity index (χ3n) is 6.02. The average molecular weight is 570 g/mol. The number of carbonyl (C=O) groups excluding carboxylic acids is 5. The number of methoxy groups -OCH3 is 1. The summed E-state index contributed by atoms with van der Waals surface area (Å²) >= 11 is 0. The number of amides is 1. The van der Waals surface area contributed by atoms with Crippen LogP contribution in [-0.4, -0.2) is 62.4 Å². The third-order valence-corrected chi connectivity index (χ3v) is 6.02. The lowest BCUT2D eigenvalue weighted by molar-refractivity contribution is -0.150. The Balaban J connectivity index is 2.02. The number of nitrogens with one attached hydrogen (secondary N) is 1. The molecule has 0 aliphatic carbocycles. The molecule has 0 aliphatic rings. The van der Waals surface area contributed by atoms with Crippen LogP contribution in [-0.2, 0) is 56.1 Å². The minimum absolute atomic E-state index is 0.0160. The topological polar surface area (TPSA) is 134 Å². The summed E-state index contributed by atoms with van der Waals surface area (Å²) in [5.74, 6) is -3.79. The Morgan fingerprint density at radius 3 is 1.83 bits per heavy atom. The van der Waals surface area contributed by atoms with Gasteiger partial charge in [0.25, 0.3) is 0 Å². The van der Waals surface area contributed by atoms with Crippen molar-refractivity contribution >= 4 is 29.4 Å². The molecule has 0 fully saturated rings. The largest absolute Gasteiger partial charge is 0.461 e. The molecule has 10 nitrogen and oxygen atoms in total. The van der Waals surface area contributed by atoms with Crippen LogP contribution in [0.5, 0.6) is 0 Å². The highest BCUT2D eigenvalue weighted by Crippen LogP contribution is 2.15. The molecule has 2 aromatic rings. The second kappa shape index (κ2) is 19.2. The smallest absolute Gasteiger partial charge is 0.308 e. The standard InChI is InChI=1S/C31H39NO9/c1-23(33)18-26(19-29(35)40-21-24-10-5-3-6-11-24)31(37)32-27(28(34)14-9-15-39-17-16-38-2)20-30(36)41-22-25-12-7-4-8-13-25/h3-8,10-13,26-27H,9,14-22H2,1-2H3,(H,32,37)/t26-,27+/m0/s1. The van der Waals surface area contributed by atoms with Gasteiger partial charge in [-0.3, -0.25) is 19.2 Å². The van der Waals surface area contributed by atoms with E-state index in [4.69, 9.17) is 18.9 Å². The number of rotatable bonds is 20. The molecule has 0 saturated carbocycles. The highest BCUT2D eigenvalue weighted by Gasteiger charge is 2.30. The molecule has 1 N–H and O–H groups in total. The van der Waals surface area contributed by atoms with Crippen LogP contribution in [0.15, 0.2) is 60.7 Å². The fourth-order valence-electron chi connectivity index (χ4n) is 3.87. The molecule has 0 aliphatic heterocycles. The van der Waals surface area contributed by atoms with Crippen LogP contribution < -0.4 is 5.32 Å². The molecule has 0 radical (unpaired) electrons. The zero-order chi connectivity index (χ0) is 29.9. The van der Waals surface area contributed by atoms with Crippen molar-refractivity contribution in [1.29, 1.82) is 0 Å². The normalized spacial score (nSPS) is 12.1. The molecule has 0 unspecified atom stereocenters. The van der Waals surface area contributed by atoms with E-state index in [1.165, 1.54) is 6.92 Å². The number of ketones is 2. The summed E-state index contributed by atoms with van der Waals surface area (Å²) in [4.78, 5) is 63.2. The van der Waals surface area contributed by atoms with Gasteiger partial charge in [-0.15, -0.1) is 0 Å². The first-order chi connectivity index (χ1) is 19.8. The second-order valence-corrected chi connectivity index (χ2v) is 9.54. The maximum Gasteiger partial charge on any atom is 0.308 e. The van der Waals surface area contributed by atoms with Gasteiger partial charge < -0.3 is 29.1 Å². The van der Waals surface area contributed by atoms with Crippen molar-refractivity contribution < 1.29 is 42.9 Å². The maximum atomic E-state index is 13.2. The van der Waals surface area contributed by atoms with Gasteiger partial charge in [0.05, 0.1) is 38.0 Å². The number of hydrogen-bond donors (Lipinski definition) is 1. The predicted octanol–water partition coefficient (Wildman–Crippen LogP) is 3.35. The van der Waals surface area contributed by atoms with Crippen LogP contribution in [0.2, 0.25) is 0 Å². The number of carbonyl (C=O) groups is 5. The van der Waals surface area contributed by atoms with E-state index >= 15 is 0 Å². The Hall–Kier alpha value is -3.89. The van der Waals surface area contributed by atoms with Gasteiger partial charge in [-0.1, -0.05) is 60.7 Å². The van der Waals surface area contributed by atoms with Gasteiger partial charge in [0.1, 0.15) is 19.0 Å². The summed E-state index contributed by atoms with van der Waals surface area (Å²) in [6.07, 6.45) is -0.561. The molecule has 0 heterocycles. The molecule has 222 valence electrons. The van der Waals surface area contributed by atoms with Gasteiger partial charge in [-0.25, -0.2) is 0 Å². The molecule has 10 heteroatoms. The molecule has 2 aromatic carbocycles. The summed E-state index contributed by atoms with van der Waals surface area (Å²) < 4.78 is 20.9. The third kappa shape index (κ3) is 14.3. The Bertz CT molecular complexity index is 1110.